The Balaban J connectivity index is 1.69. The maximum atomic E-state index is 14.2. The predicted octanol–water partition coefficient (Wildman–Crippen LogP) is 3.79. The van der Waals surface area contributed by atoms with E-state index in [0.29, 0.717) is 24.2 Å². The number of nitrogens with one attached hydrogen (secondary N) is 1. The van der Waals surface area contributed by atoms with Crippen LogP contribution < -0.4 is 15.1 Å². The molecule has 9 heteroatoms. The van der Waals surface area contributed by atoms with Crippen LogP contribution in [0.3, 0.4) is 0 Å². The zero-order valence-corrected chi connectivity index (χ0v) is 19.2. The van der Waals surface area contributed by atoms with Gasteiger partial charge in [0.05, 0.1) is 16.7 Å². The van der Waals surface area contributed by atoms with E-state index in [0.717, 1.165) is 41.0 Å². The van der Waals surface area contributed by atoms with Crippen molar-refractivity contribution in [2.75, 3.05) is 16.3 Å². The van der Waals surface area contributed by atoms with E-state index in [1.807, 2.05) is 26.0 Å². The van der Waals surface area contributed by atoms with Gasteiger partial charge >= 0.3 is 6.03 Å². The van der Waals surface area contributed by atoms with E-state index in [1.165, 1.54) is 12.1 Å². The van der Waals surface area contributed by atoms with E-state index in [2.05, 4.69) is 10.2 Å². The number of rotatable bonds is 2. The van der Waals surface area contributed by atoms with Gasteiger partial charge in [0, 0.05) is 30.8 Å². The highest BCUT2D eigenvalue weighted by Gasteiger charge is 2.62. The summed E-state index contributed by atoms with van der Waals surface area (Å²) in [6.07, 6.45) is 3.32. The number of amides is 4. The van der Waals surface area contributed by atoms with E-state index in [-0.39, 0.29) is 12.1 Å². The highest BCUT2D eigenvalue weighted by atomic mass is 16.6. The van der Waals surface area contributed by atoms with E-state index in [1.54, 1.807) is 12.1 Å². The van der Waals surface area contributed by atoms with E-state index in [9.17, 15) is 24.5 Å². The molecule has 0 aliphatic carbocycles. The normalized spacial score (nSPS) is 24.4. The number of nitrogens with zero attached hydrogens (tertiary/aromatic N) is 3. The lowest BCUT2D eigenvalue weighted by molar-refractivity contribution is -0.384. The van der Waals surface area contributed by atoms with Crippen LogP contribution in [0.2, 0.25) is 0 Å². The Kier molecular flexibility index (Phi) is 5.15. The molecule has 4 amide bonds. The summed E-state index contributed by atoms with van der Waals surface area (Å²) in [5.41, 5.74) is 1.92. The first-order chi connectivity index (χ1) is 16.2. The first-order valence-corrected chi connectivity index (χ1v) is 11.6. The molecule has 0 saturated carbocycles. The maximum Gasteiger partial charge on any atom is 0.335 e. The molecule has 2 fully saturated rings. The Morgan fingerprint density at radius 1 is 1.03 bits per heavy atom. The van der Waals surface area contributed by atoms with Gasteiger partial charge < -0.3 is 4.90 Å². The number of benzene rings is 2. The molecule has 176 valence electrons. The van der Waals surface area contributed by atoms with Crippen LogP contribution in [0.15, 0.2) is 36.4 Å². The molecule has 1 N–H and O–H groups in total. The van der Waals surface area contributed by atoms with Crippen molar-refractivity contribution in [1.82, 2.24) is 5.32 Å². The Bertz CT molecular complexity index is 1240. The van der Waals surface area contributed by atoms with Gasteiger partial charge in [0.15, 0.2) is 5.41 Å². The Labute approximate surface area is 196 Å². The van der Waals surface area contributed by atoms with Crippen molar-refractivity contribution < 1.29 is 19.3 Å². The molecule has 0 bridgehead atoms. The Morgan fingerprint density at radius 2 is 1.79 bits per heavy atom. The molecule has 5 rings (SSSR count). The average molecular weight is 463 g/mol. The first-order valence-electron chi connectivity index (χ1n) is 11.6. The van der Waals surface area contributed by atoms with Crippen molar-refractivity contribution in [3.8, 4) is 0 Å². The number of fused-ring (bicyclic) bond motifs is 4. The number of carbonyl (C=O) groups excluding carboxylic acids is 3. The van der Waals surface area contributed by atoms with Crippen LogP contribution in [0.4, 0.5) is 21.9 Å². The number of hydrogen-bond acceptors (Lipinski definition) is 6. The van der Waals surface area contributed by atoms with Gasteiger partial charge in [0.1, 0.15) is 0 Å². The van der Waals surface area contributed by atoms with Gasteiger partial charge in [-0.2, -0.15) is 0 Å². The number of imide groups is 2. The van der Waals surface area contributed by atoms with Crippen molar-refractivity contribution in [2.45, 2.75) is 52.0 Å². The monoisotopic (exact) mass is 462 g/mol. The molecule has 3 aliphatic rings. The van der Waals surface area contributed by atoms with Crippen LogP contribution in [-0.2, 0) is 16.0 Å². The SMILES string of the molecule is Cc1ccc(N2C(=O)NC(=O)[C@]3(Cc4cc([N+](=O)[O-])ccc4N4CCCCC[C@@H]43)C2=O)c(C)c1. The standard InChI is InChI=1S/C25H26N4O5/c1-15-7-9-19(16(2)12-15)28-23(31)25(22(30)26-24(28)32)14-17-13-18(29(33)34)8-10-20(17)27-11-5-3-4-6-21(25)27/h7-10,12-13,21H,3-6,11,14H2,1-2H3,(H,26,30,32)/t21-,25-/m1/s1. The molecule has 0 unspecified atom stereocenters. The fourth-order valence-corrected chi connectivity index (χ4v) is 5.81. The lowest BCUT2D eigenvalue weighted by Crippen LogP contribution is -2.72. The second-order valence-electron chi connectivity index (χ2n) is 9.47. The number of nitro groups is 1. The van der Waals surface area contributed by atoms with Gasteiger partial charge in [-0.1, -0.05) is 30.5 Å². The van der Waals surface area contributed by atoms with E-state index < -0.39 is 34.2 Å². The number of urea groups is 1. The number of nitro benzene ring substituents is 1. The fourth-order valence-electron chi connectivity index (χ4n) is 5.81. The zero-order valence-electron chi connectivity index (χ0n) is 19.2. The van der Waals surface area contributed by atoms with Crippen LogP contribution in [0, 0.1) is 29.4 Å². The third-order valence-electron chi connectivity index (χ3n) is 7.38. The summed E-state index contributed by atoms with van der Waals surface area (Å²) >= 11 is 0. The van der Waals surface area contributed by atoms with Crippen LogP contribution in [-0.4, -0.2) is 35.4 Å². The lowest BCUT2D eigenvalue weighted by Gasteiger charge is -2.51. The lowest BCUT2D eigenvalue weighted by atomic mass is 9.67. The molecule has 9 nitrogen and oxygen atoms in total. The maximum absolute atomic E-state index is 14.2. The van der Waals surface area contributed by atoms with Crippen molar-refractivity contribution in [3.05, 3.63) is 63.2 Å². The third kappa shape index (κ3) is 3.18. The van der Waals surface area contributed by atoms with E-state index in [4.69, 9.17) is 0 Å². The van der Waals surface area contributed by atoms with Crippen molar-refractivity contribution in [2.24, 2.45) is 5.41 Å². The largest absolute Gasteiger partial charge is 0.367 e. The highest BCUT2D eigenvalue weighted by molar-refractivity contribution is 6.31. The molecular weight excluding hydrogens is 436 g/mol. The number of barbiturate groups is 1. The summed E-state index contributed by atoms with van der Waals surface area (Å²) in [5, 5.41) is 13.9. The summed E-state index contributed by atoms with van der Waals surface area (Å²) in [6, 6.07) is 8.86. The number of carbonyl (C=O) groups is 3. The first kappa shape index (κ1) is 22.1. The second-order valence-corrected chi connectivity index (χ2v) is 9.47. The summed E-state index contributed by atoms with van der Waals surface area (Å²) in [4.78, 5) is 54.9. The molecule has 0 aromatic heterocycles. The summed E-state index contributed by atoms with van der Waals surface area (Å²) in [7, 11) is 0. The van der Waals surface area contributed by atoms with E-state index >= 15 is 0 Å². The number of aryl methyl sites for hydroxylation is 2. The Hall–Kier alpha value is -3.75. The molecule has 3 heterocycles. The molecule has 3 aliphatic heterocycles. The molecule has 1 spiro atoms. The Morgan fingerprint density at radius 3 is 2.53 bits per heavy atom. The summed E-state index contributed by atoms with van der Waals surface area (Å²) in [5.74, 6) is -1.19. The minimum Gasteiger partial charge on any atom is -0.367 e. The van der Waals surface area contributed by atoms with Crippen molar-refractivity contribution in [1.29, 1.82) is 0 Å². The molecule has 0 radical (unpaired) electrons. The van der Waals surface area contributed by atoms with Gasteiger partial charge in [-0.15, -0.1) is 0 Å². The minimum absolute atomic E-state index is 0.00450. The molecule has 34 heavy (non-hydrogen) atoms. The predicted molar refractivity (Wildman–Crippen MR) is 126 cm³/mol. The summed E-state index contributed by atoms with van der Waals surface area (Å²) < 4.78 is 0. The second kappa shape index (κ2) is 7.93. The average Bonchev–Trinajstić information content (AvgIpc) is 3.05. The fraction of sp³-hybridized carbons (Fsp3) is 0.400. The number of non-ortho nitro benzene ring substituents is 1. The zero-order chi connectivity index (χ0) is 24.2. The smallest absolute Gasteiger partial charge is 0.335 e. The van der Waals surface area contributed by atoms with Gasteiger partial charge in [-0.05, 0) is 49.9 Å². The van der Waals surface area contributed by atoms with Gasteiger partial charge in [0.25, 0.3) is 11.6 Å². The molecule has 2 aromatic rings. The third-order valence-corrected chi connectivity index (χ3v) is 7.38. The summed E-state index contributed by atoms with van der Waals surface area (Å²) in [6.45, 7) is 4.38. The van der Waals surface area contributed by atoms with Gasteiger partial charge in [-0.25, -0.2) is 9.69 Å². The van der Waals surface area contributed by atoms with Crippen molar-refractivity contribution >= 4 is 34.9 Å². The molecule has 2 atom stereocenters. The molecule has 2 aromatic carbocycles. The van der Waals surface area contributed by atoms with Gasteiger partial charge in [-0.3, -0.25) is 25.0 Å². The van der Waals surface area contributed by atoms with Crippen LogP contribution >= 0.6 is 0 Å². The minimum atomic E-state index is -1.56. The van der Waals surface area contributed by atoms with Crippen LogP contribution in [0.5, 0.6) is 0 Å². The number of hydrogen-bond donors (Lipinski definition) is 1. The van der Waals surface area contributed by atoms with Gasteiger partial charge in [0.2, 0.25) is 5.91 Å². The van der Waals surface area contributed by atoms with Crippen LogP contribution in [0.1, 0.15) is 42.4 Å². The molecular formula is C25H26N4O5. The number of anilines is 2. The topological polar surface area (TPSA) is 113 Å². The highest BCUT2D eigenvalue weighted by Crippen LogP contribution is 2.48. The molecule has 2 saturated heterocycles. The van der Waals surface area contributed by atoms with Crippen LogP contribution in [0.25, 0.3) is 0 Å². The van der Waals surface area contributed by atoms with Crippen molar-refractivity contribution in [3.63, 3.8) is 0 Å². The quantitative estimate of drug-likeness (QED) is 0.413.